The quantitative estimate of drug-likeness (QED) is 0.674. The van der Waals surface area contributed by atoms with Crippen LogP contribution in [-0.4, -0.2) is 30.2 Å². The van der Waals surface area contributed by atoms with Crippen molar-refractivity contribution in [1.29, 1.82) is 0 Å². The summed E-state index contributed by atoms with van der Waals surface area (Å²) in [6, 6.07) is 20.3. The number of benzene rings is 2. The van der Waals surface area contributed by atoms with Gasteiger partial charge < -0.3 is 15.0 Å². The van der Waals surface area contributed by atoms with Crippen LogP contribution in [0, 0.1) is 0 Å². The summed E-state index contributed by atoms with van der Waals surface area (Å²) in [5, 5.41) is 3.47. The Kier molecular flexibility index (Phi) is 5.71. The first-order chi connectivity index (χ1) is 13.8. The molecule has 1 aliphatic heterocycles. The van der Waals surface area contributed by atoms with Crippen LogP contribution in [0.25, 0.3) is 11.4 Å². The van der Waals surface area contributed by atoms with Crippen LogP contribution in [-0.2, 0) is 6.54 Å². The monoisotopic (exact) mass is 374 g/mol. The van der Waals surface area contributed by atoms with Crippen molar-refractivity contribution >= 4 is 11.6 Å². The maximum Gasteiger partial charge on any atom is 0.163 e. The molecule has 0 unspecified atom stereocenters. The Hall–Kier alpha value is -3.08. The lowest BCUT2D eigenvalue weighted by atomic mass is 10.1. The van der Waals surface area contributed by atoms with Gasteiger partial charge in [0.05, 0.1) is 7.11 Å². The Labute approximate surface area is 166 Å². The minimum Gasteiger partial charge on any atom is -0.496 e. The number of hydrogen-bond donors (Lipinski definition) is 1. The maximum absolute atomic E-state index is 5.46. The molecule has 3 aromatic rings. The lowest BCUT2D eigenvalue weighted by Gasteiger charge is -2.28. The average Bonchev–Trinajstić information content (AvgIpc) is 2.79. The summed E-state index contributed by atoms with van der Waals surface area (Å²) in [4.78, 5) is 12.0. The molecule has 0 amide bonds. The van der Waals surface area contributed by atoms with Crippen molar-refractivity contribution in [3.8, 4) is 17.1 Å². The third-order valence-corrected chi connectivity index (χ3v) is 5.08. The van der Waals surface area contributed by atoms with Crippen LogP contribution in [0.3, 0.4) is 0 Å². The molecule has 0 radical (unpaired) electrons. The van der Waals surface area contributed by atoms with Crippen molar-refractivity contribution in [3.63, 3.8) is 0 Å². The van der Waals surface area contributed by atoms with E-state index in [4.69, 9.17) is 14.7 Å². The van der Waals surface area contributed by atoms with E-state index >= 15 is 0 Å². The van der Waals surface area contributed by atoms with Crippen LogP contribution in [0.1, 0.15) is 24.8 Å². The molecule has 0 bridgehead atoms. The zero-order valence-electron chi connectivity index (χ0n) is 16.3. The molecule has 0 atom stereocenters. The number of nitrogens with one attached hydrogen (secondary N) is 1. The van der Waals surface area contributed by atoms with Gasteiger partial charge in [-0.1, -0.05) is 48.5 Å². The lowest BCUT2D eigenvalue weighted by molar-refractivity contribution is 0.410. The molecular weight excluding hydrogens is 348 g/mol. The molecule has 1 aromatic heterocycles. The van der Waals surface area contributed by atoms with Crippen LogP contribution in [0.4, 0.5) is 11.6 Å². The van der Waals surface area contributed by atoms with Gasteiger partial charge in [-0.15, -0.1) is 0 Å². The van der Waals surface area contributed by atoms with Gasteiger partial charge in [0.1, 0.15) is 17.4 Å². The summed E-state index contributed by atoms with van der Waals surface area (Å²) in [5.74, 6) is 3.46. The highest BCUT2D eigenvalue weighted by atomic mass is 16.5. The SMILES string of the molecule is COc1ccccc1CNc1cc(N2CCCCC2)nc(-c2ccccc2)n1. The smallest absolute Gasteiger partial charge is 0.163 e. The van der Waals surface area contributed by atoms with Gasteiger partial charge in [-0.2, -0.15) is 0 Å². The first kappa shape index (κ1) is 18.3. The van der Waals surface area contributed by atoms with E-state index in [1.54, 1.807) is 7.11 Å². The Balaban J connectivity index is 1.63. The summed E-state index contributed by atoms with van der Waals surface area (Å²) in [6.45, 7) is 2.75. The van der Waals surface area contributed by atoms with E-state index in [-0.39, 0.29) is 0 Å². The zero-order chi connectivity index (χ0) is 19.2. The summed E-state index contributed by atoms with van der Waals surface area (Å²) < 4.78 is 5.46. The predicted molar refractivity (Wildman–Crippen MR) is 114 cm³/mol. The van der Waals surface area contributed by atoms with Crippen LogP contribution < -0.4 is 15.0 Å². The van der Waals surface area contributed by atoms with Crippen LogP contribution in [0.5, 0.6) is 5.75 Å². The van der Waals surface area contributed by atoms with Crippen molar-refractivity contribution < 1.29 is 4.74 Å². The van der Waals surface area contributed by atoms with E-state index in [0.717, 1.165) is 47.4 Å². The lowest BCUT2D eigenvalue weighted by Crippen LogP contribution is -2.30. The first-order valence-corrected chi connectivity index (χ1v) is 9.89. The number of para-hydroxylation sites is 1. The normalized spacial score (nSPS) is 14.0. The molecule has 1 saturated heterocycles. The van der Waals surface area contributed by atoms with Crippen LogP contribution in [0.15, 0.2) is 60.7 Å². The molecule has 5 nitrogen and oxygen atoms in total. The van der Waals surface area contributed by atoms with Crippen molar-refractivity contribution in [3.05, 3.63) is 66.2 Å². The van der Waals surface area contributed by atoms with Gasteiger partial charge in [-0.25, -0.2) is 9.97 Å². The van der Waals surface area contributed by atoms with Crippen molar-refractivity contribution in [1.82, 2.24) is 9.97 Å². The Morgan fingerprint density at radius 3 is 2.46 bits per heavy atom. The highest BCUT2D eigenvalue weighted by Gasteiger charge is 2.15. The van der Waals surface area contributed by atoms with Gasteiger partial charge in [-0.05, 0) is 25.3 Å². The second kappa shape index (κ2) is 8.74. The second-order valence-electron chi connectivity index (χ2n) is 7.01. The summed E-state index contributed by atoms with van der Waals surface area (Å²) in [7, 11) is 1.70. The number of aromatic nitrogens is 2. The van der Waals surface area contributed by atoms with Crippen molar-refractivity contribution in [2.75, 3.05) is 30.4 Å². The number of rotatable bonds is 6. The third kappa shape index (κ3) is 4.25. The summed E-state index contributed by atoms with van der Waals surface area (Å²) >= 11 is 0. The largest absolute Gasteiger partial charge is 0.496 e. The first-order valence-electron chi connectivity index (χ1n) is 9.89. The molecular formula is C23H26N4O. The summed E-state index contributed by atoms with van der Waals surface area (Å²) in [5.41, 5.74) is 2.13. The fourth-order valence-corrected chi connectivity index (χ4v) is 3.56. The fourth-order valence-electron chi connectivity index (χ4n) is 3.56. The van der Waals surface area contributed by atoms with Gasteiger partial charge in [-0.3, -0.25) is 0 Å². The van der Waals surface area contributed by atoms with Crippen LogP contribution >= 0.6 is 0 Å². The Morgan fingerprint density at radius 1 is 0.929 bits per heavy atom. The number of ether oxygens (including phenoxy) is 1. The maximum atomic E-state index is 5.46. The molecule has 2 heterocycles. The number of nitrogens with zero attached hydrogens (tertiary/aromatic N) is 3. The molecule has 0 aliphatic carbocycles. The molecule has 5 heteroatoms. The van der Waals surface area contributed by atoms with Gasteiger partial charge >= 0.3 is 0 Å². The molecule has 144 valence electrons. The van der Waals surface area contributed by atoms with Gasteiger partial charge in [0.25, 0.3) is 0 Å². The van der Waals surface area contributed by atoms with E-state index in [1.807, 2.05) is 36.4 Å². The topological polar surface area (TPSA) is 50.3 Å². The number of anilines is 2. The highest BCUT2D eigenvalue weighted by molar-refractivity contribution is 5.62. The molecule has 1 N–H and O–H groups in total. The second-order valence-corrected chi connectivity index (χ2v) is 7.01. The Bertz CT molecular complexity index is 907. The molecule has 1 aliphatic rings. The number of piperidine rings is 1. The minimum absolute atomic E-state index is 0.648. The molecule has 4 rings (SSSR count). The van der Waals surface area contributed by atoms with Crippen LogP contribution in [0.2, 0.25) is 0 Å². The van der Waals surface area contributed by atoms with E-state index in [9.17, 15) is 0 Å². The van der Waals surface area contributed by atoms with E-state index < -0.39 is 0 Å². The van der Waals surface area contributed by atoms with Crippen molar-refractivity contribution in [2.45, 2.75) is 25.8 Å². The van der Waals surface area contributed by atoms with E-state index in [1.165, 1.54) is 19.3 Å². The molecule has 2 aromatic carbocycles. The molecule has 0 saturated carbocycles. The van der Waals surface area contributed by atoms with Gasteiger partial charge in [0.2, 0.25) is 0 Å². The average molecular weight is 374 g/mol. The zero-order valence-corrected chi connectivity index (χ0v) is 16.3. The fraction of sp³-hybridized carbons (Fsp3) is 0.304. The molecule has 28 heavy (non-hydrogen) atoms. The highest BCUT2D eigenvalue weighted by Crippen LogP contribution is 2.26. The molecule has 0 spiro atoms. The minimum atomic E-state index is 0.648. The number of methoxy groups -OCH3 is 1. The third-order valence-electron chi connectivity index (χ3n) is 5.08. The van der Waals surface area contributed by atoms with E-state index in [0.29, 0.717) is 6.54 Å². The Morgan fingerprint density at radius 2 is 1.68 bits per heavy atom. The van der Waals surface area contributed by atoms with Crippen molar-refractivity contribution in [2.24, 2.45) is 0 Å². The molecule has 1 fully saturated rings. The van der Waals surface area contributed by atoms with Gasteiger partial charge in [0.15, 0.2) is 5.82 Å². The van der Waals surface area contributed by atoms with Gasteiger partial charge in [0, 0.05) is 36.8 Å². The standard InChI is InChI=1S/C23H26N4O/c1-28-20-13-7-6-12-19(20)17-24-21-16-22(27-14-8-3-9-15-27)26-23(25-21)18-10-4-2-5-11-18/h2,4-7,10-13,16H,3,8-9,14-15,17H2,1H3,(H,24,25,26). The van der Waals surface area contributed by atoms with E-state index in [2.05, 4.69) is 34.5 Å². The summed E-state index contributed by atoms with van der Waals surface area (Å²) in [6.07, 6.45) is 3.73. The number of hydrogen-bond acceptors (Lipinski definition) is 5. The predicted octanol–water partition coefficient (Wildman–Crippen LogP) is 4.75.